The number of nitrogens with zero attached hydrogens (tertiary/aromatic N) is 1. The van der Waals surface area contributed by atoms with Crippen molar-refractivity contribution in [3.05, 3.63) is 72.5 Å². The van der Waals surface area contributed by atoms with Crippen molar-refractivity contribution in [3.63, 3.8) is 0 Å². The average molecular weight is 443 g/mol. The van der Waals surface area contributed by atoms with E-state index < -0.39 is 15.8 Å². The summed E-state index contributed by atoms with van der Waals surface area (Å²) in [6.45, 7) is 4.37. The molecular weight excluding hydrogens is 415 g/mol. The first kappa shape index (κ1) is 21.7. The molecule has 1 saturated heterocycles. The van der Waals surface area contributed by atoms with Crippen molar-refractivity contribution in [3.8, 4) is 5.75 Å². The van der Waals surface area contributed by atoms with Gasteiger partial charge in [0.25, 0.3) is 0 Å². The Kier molecular flexibility index (Phi) is 6.55. The van der Waals surface area contributed by atoms with E-state index in [1.165, 1.54) is 12.1 Å². The van der Waals surface area contributed by atoms with Gasteiger partial charge in [0.15, 0.2) is 0 Å². The molecule has 0 aliphatic carbocycles. The summed E-state index contributed by atoms with van der Waals surface area (Å²) < 4.78 is 46.9. The first-order valence-electron chi connectivity index (χ1n) is 10.6. The number of benzene rings is 3. The smallest absolute Gasteiger partial charge is 0.240 e. The van der Waals surface area contributed by atoms with E-state index in [0.29, 0.717) is 6.42 Å². The average Bonchev–Trinajstić information content (AvgIpc) is 3.20. The molecule has 164 valence electrons. The molecule has 0 aromatic heterocycles. The van der Waals surface area contributed by atoms with Gasteiger partial charge in [-0.05, 0) is 62.0 Å². The monoisotopic (exact) mass is 442 g/mol. The SMILES string of the molecule is CC(CCN1CCC(Oc2cccc3ccccc23)C1)NS(=O)(=O)c1ccc(F)cc1. The van der Waals surface area contributed by atoms with Crippen molar-refractivity contribution >= 4 is 20.8 Å². The van der Waals surface area contributed by atoms with Crippen molar-refractivity contribution in [1.29, 1.82) is 0 Å². The van der Waals surface area contributed by atoms with Gasteiger partial charge < -0.3 is 4.74 Å². The summed E-state index contributed by atoms with van der Waals surface area (Å²) in [5.74, 6) is 0.451. The Bertz CT molecular complexity index is 1130. The lowest BCUT2D eigenvalue weighted by atomic mass is 10.1. The van der Waals surface area contributed by atoms with Gasteiger partial charge in [0, 0.05) is 24.5 Å². The molecule has 3 aromatic carbocycles. The van der Waals surface area contributed by atoms with Crippen LogP contribution in [0.1, 0.15) is 19.8 Å². The minimum absolute atomic E-state index is 0.0745. The molecule has 0 amide bonds. The predicted molar refractivity (Wildman–Crippen MR) is 120 cm³/mol. The molecule has 1 aliphatic heterocycles. The van der Waals surface area contributed by atoms with Crippen LogP contribution in [-0.4, -0.2) is 45.1 Å². The molecule has 31 heavy (non-hydrogen) atoms. The molecule has 1 N–H and O–H groups in total. The summed E-state index contributed by atoms with van der Waals surface area (Å²) in [5, 5.41) is 2.28. The largest absolute Gasteiger partial charge is 0.488 e. The Balaban J connectivity index is 1.28. The number of likely N-dealkylation sites (tertiary alicyclic amines) is 1. The number of nitrogens with one attached hydrogen (secondary N) is 1. The highest BCUT2D eigenvalue weighted by Crippen LogP contribution is 2.28. The van der Waals surface area contributed by atoms with E-state index in [1.54, 1.807) is 0 Å². The summed E-state index contributed by atoms with van der Waals surface area (Å²) in [4.78, 5) is 2.38. The zero-order valence-corrected chi connectivity index (χ0v) is 18.3. The molecule has 3 aromatic rings. The minimum atomic E-state index is -3.65. The van der Waals surface area contributed by atoms with Crippen molar-refractivity contribution in [2.75, 3.05) is 19.6 Å². The predicted octanol–water partition coefficient (Wildman–Crippen LogP) is 4.19. The molecule has 0 spiro atoms. The normalized spacial score (nSPS) is 18.3. The molecular formula is C24H27FN2O3S. The highest BCUT2D eigenvalue weighted by atomic mass is 32.2. The van der Waals surface area contributed by atoms with Gasteiger partial charge in [-0.1, -0.05) is 36.4 Å². The molecule has 1 heterocycles. The third kappa shape index (κ3) is 5.42. The topological polar surface area (TPSA) is 58.6 Å². The lowest BCUT2D eigenvalue weighted by molar-refractivity contribution is 0.201. The van der Waals surface area contributed by atoms with Crippen molar-refractivity contribution in [1.82, 2.24) is 9.62 Å². The molecule has 2 atom stereocenters. The van der Waals surface area contributed by atoms with E-state index in [9.17, 15) is 12.8 Å². The van der Waals surface area contributed by atoms with Crippen LogP contribution in [0.5, 0.6) is 5.75 Å². The van der Waals surface area contributed by atoms with Gasteiger partial charge in [-0.15, -0.1) is 0 Å². The maximum atomic E-state index is 13.0. The second-order valence-electron chi connectivity index (χ2n) is 8.07. The Hall–Kier alpha value is -2.48. The van der Waals surface area contributed by atoms with Crippen LogP contribution in [0.4, 0.5) is 4.39 Å². The standard InChI is InChI=1S/C24H27FN2O3S/c1-18(26-31(28,29)22-11-9-20(25)10-12-22)13-15-27-16-14-21(17-27)30-24-8-4-6-19-5-2-3-7-23(19)24/h2-12,18,21,26H,13-17H2,1H3. The quantitative estimate of drug-likeness (QED) is 0.568. The lowest BCUT2D eigenvalue weighted by Crippen LogP contribution is -2.36. The molecule has 2 unspecified atom stereocenters. The number of fused-ring (bicyclic) bond motifs is 1. The van der Waals surface area contributed by atoms with Crippen LogP contribution in [-0.2, 0) is 10.0 Å². The first-order chi connectivity index (χ1) is 14.9. The van der Waals surface area contributed by atoms with E-state index in [-0.39, 0.29) is 17.0 Å². The van der Waals surface area contributed by atoms with Crippen LogP contribution in [0.2, 0.25) is 0 Å². The molecule has 0 bridgehead atoms. The van der Waals surface area contributed by atoms with Crippen LogP contribution >= 0.6 is 0 Å². The highest BCUT2D eigenvalue weighted by molar-refractivity contribution is 7.89. The number of halogens is 1. The number of hydrogen-bond acceptors (Lipinski definition) is 4. The van der Waals surface area contributed by atoms with Gasteiger partial charge in [-0.3, -0.25) is 4.90 Å². The fourth-order valence-corrected chi connectivity index (χ4v) is 5.23. The summed E-state index contributed by atoms with van der Waals surface area (Å²) in [6, 6.07) is 18.9. The zero-order chi connectivity index (χ0) is 21.8. The van der Waals surface area contributed by atoms with Crippen molar-refractivity contribution < 1.29 is 17.5 Å². The summed E-state index contributed by atoms with van der Waals surface area (Å²) in [5.41, 5.74) is 0. The second kappa shape index (κ2) is 9.34. The molecule has 0 radical (unpaired) electrons. The van der Waals surface area contributed by atoms with Crippen molar-refractivity contribution in [2.45, 2.75) is 36.8 Å². The Morgan fingerprint density at radius 2 is 1.84 bits per heavy atom. The number of sulfonamides is 1. The van der Waals surface area contributed by atoms with Gasteiger partial charge in [-0.2, -0.15) is 0 Å². The molecule has 4 rings (SSSR count). The lowest BCUT2D eigenvalue weighted by Gasteiger charge is -2.20. The number of ether oxygens (including phenoxy) is 1. The van der Waals surface area contributed by atoms with Gasteiger partial charge in [0.1, 0.15) is 17.7 Å². The van der Waals surface area contributed by atoms with E-state index in [2.05, 4.69) is 27.8 Å². The fourth-order valence-electron chi connectivity index (χ4n) is 3.96. The summed E-state index contributed by atoms with van der Waals surface area (Å²) in [7, 11) is -3.65. The highest BCUT2D eigenvalue weighted by Gasteiger charge is 2.25. The maximum Gasteiger partial charge on any atom is 0.240 e. The van der Waals surface area contributed by atoms with Crippen LogP contribution in [0, 0.1) is 5.82 Å². The Morgan fingerprint density at radius 1 is 1.10 bits per heavy atom. The van der Waals surface area contributed by atoms with Crippen LogP contribution in [0.25, 0.3) is 10.8 Å². The van der Waals surface area contributed by atoms with Crippen LogP contribution in [0.15, 0.2) is 71.6 Å². The maximum absolute atomic E-state index is 13.0. The van der Waals surface area contributed by atoms with E-state index in [0.717, 1.165) is 54.7 Å². The number of rotatable bonds is 8. The molecule has 5 nitrogen and oxygen atoms in total. The molecule has 0 saturated carbocycles. The second-order valence-corrected chi connectivity index (χ2v) is 9.79. The van der Waals surface area contributed by atoms with Crippen LogP contribution in [0.3, 0.4) is 0 Å². The zero-order valence-electron chi connectivity index (χ0n) is 17.5. The third-order valence-electron chi connectivity index (χ3n) is 5.63. The van der Waals surface area contributed by atoms with Crippen molar-refractivity contribution in [2.24, 2.45) is 0 Å². The number of hydrogen-bond donors (Lipinski definition) is 1. The Labute approximate surface area is 182 Å². The fraction of sp³-hybridized carbons (Fsp3) is 0.333. The van der Waals surface area contributed by atoms with Gasteiger partial charge >= 0.3 is 0 Å². The minimum Gasteiger partial charge on any atom is -0.488 e. The molecule has 1 aliphatic rings. The van der Waals surface area contributed by atoms with Gasteiger partial charge in [-0.25, -0.2) is 17.5 Å². The Morgan fingerprint density at radius 3 is 2.65 bits per heavy atom. The first-order valence-corrected chi connectivity index (χ1v) is 12.0. The van der Waals surface area contributed by atoms with Crippen LogP contribution < -0.4 is 9.46 Å². The van der Waals surface area contributed by atoms with E-state index >= 15 is 0 Å². The molecule has 7 heteroatoms. The third-order valence-corrected chi connectivity index (χ3v) is 7.24. The molecule has 1 fully saturated rings. The van der Waals surface area contributed by atoms with E-state index in [4.69, 9.17) is 4.74 Å². The van der Waals surface area contributed by atoms with Gasteiger partial charge in [0.2, 0.25) is 10.0 Å². The summed E-state index contributed by atoms with van der Waals surface area (Å²) >= 11 is 0. The van der Waals surface area contributed by atoms with Gasteiger partial charge in [0.05, 0.1) is 4.90 Å². The van der Waals surface area contributed by atoms with E-state index in [1.807, 2.05) is 31.2 Å². The summed E-state index contributed by atoms with van der Waals surface area (Å²) in [6.07, 6.45) is 1.75.